The van der Waals surface area contributed by atoms with E-state index in [1.54, 1.807) is 0 Å². The Balaban J connectivity index is 0.00000128. The van der Waals surface area contributed by atoms with Crippen LogP contribution in [0.3, 0.4) is 0 Å². The van der Waals surface area contributed by atoms with Gasteiger partial charge in [0, 0.05) is 11.6 Å². The van der Waals surface area contributed by atoms with E-state index in [9.17, 15) is 5.11 Å². The molecule has 0 saturated heterocycles. The van der Waals surface area contributed by atoms with Crippen LogP contribution in [0.25, 0.3) is 0 Å². The van der Waals surface area contributed by atoms with E-state index in [0.29, 0.717) is 5.75 Å². The van der Waals surface area contributed by atoms with Gasteiger partial charge in [0.15, 0.2) is 0 Å². The molecule has 0 aromatic heterocycles. The van der Waals surface area contributed by atoms with Crippen molar-refractivity contribution in [3.63, 3.8) is 0 Å². The minimum absolute atomic E-state index is 0. The number of aryl methyl sites for hydroxylation is 2. The fourth-order valence-electron chi connectivity index (χ4n) is 2.58. The number of fused-ring (bicyclic) bond motifs is 1. The minimum atomic E-state index is 0. The van der Waals surface area contributed by atoms with Crippen LogP contribution in [0.5, 0.6) is 5.75 Å². The van der Waals surface area contributed by atoms with Crippen LogP contribution in [-0.4, -0.2) is 5.11 Å². The van der Waals surface area contributed by atoms with Crippen molar-refractivity contribution in [2.45, 2.75) is 45.6 Å². The highest BCUT2D eigenvalue weighted by Gasteiger charge is 2.25. The first kappa shape index (κ1) is 13.3. The molecule has 0 bridgehead atoms. The molecule has 16 heavy (non-hydrogen) atoms. The van der Waals surface area contributed by atoms with Crippen molar-refractivity contribution >= 4 is 12.4 Å². The minimum Gasteiger partial charge on any atom is -0.507 e. The van der Waals surface area contributed by atoms with Crippen molar-refractivity contribution in [3.8, 4) is 5.75 Å². The Morgan fingerprint density at radius 1 is 1.50 bits per heavy atom. The number of hydrogen-bond donors (Lipinski definition) is 2. The van der Waals surface area contributed by atoms with Crippen LogP contribution in [0, 0.1) is 6.92 Å². The van der Waals surface area contributed by atoms with Gasteiger partial charge in [-0.2, -0.15) is 0 Å². The molecule has 0 heterocycles. The summed E-state index contributed by atoms with van der Waals surface area (Å²) < 4.78 is 0. The third-order valence-corrected chi connectivity index (χ3v) is 3.35. The van der Waals surface area contributed by atoms with Gasteiger partial charge >= 0.3 is 0 Å². The van der Waals surface area contributed by atoms with E-state index >= 15 is 0 Å². The maximum Gasteiger partial charge on any atom is 0.123 e. The normalized spacial score (nSPS) is 18.1. The Morgan fingerprint density at radius 3 is 2.81 bits per heavy atom. The monoisotopic (exact) mass is 241 g/mol. The lowest BCUT2D eigenvalue weighted by Gasteiger charge is -2.14. The zero-order chi connectivity index (χ0) is 11.0. The fourth-order valence-corrected chi connectivity index (χ4v) is 2.58. The summed E-state index contributed by atoms with van der Waals surface area (Å²) in [5.74, 6) is 0.461. The van der Waals surface area contributed by atoms with Crippen molar-refractivity contribution in [1.29, 1.82) is 0 Å². The molecule has 1 aliphatic rings. The van der Waals surface area contributed by atoms with Gasteiger partial charge < -0.3 is 10.8 Å². The van der Waals surface area contributed by atoms with Crippen LogP contribution in [0.2, 0.25) is 0 Å². The summed E-state index contributed by atoms with van der Waals surface area (Å²) in [6, 6.07) is 2.16. The highest BCUT2D eigenvalue weighted by molar-refractivity contribution is 5.85. The molecular formula is C13H20ClNO. The first-order chi connectivity index (χ1) is 7.15. The number of aromatic hydroxyl groups is 1. The van der Waals surface area contributed by atoms with Crippen molar-refractivity contribution < 1.29 is 5.11 Å². The lowest BCUT2D eigenvalue weighted by Crippen LogP contribution is -2.07. The van der Waals surface area contributed by atoms with E-state index < -0.39 is 0 Å². The van der Waals surface area contributed by atoms with Crippen LogP contribution in [0.4, 0.5) is 0 Å². The van der Waals surface area contributed by atoms with Crippen molar-refractivity contribution in [2.75, 3.05) is 0 Å². The summed E-state index contributed by atoms with van der Waals surface area (Å²) in [7, 11) is 0. The van der Waals surface area contributed by atoms with Gasteiger partial charge in [0.05, 0.1) is 0 Å². The van der Waals surface area contributed by atoms with Crippen LogP contribution in [-0.2, 0) is 12.8 Å². The SMILES string of the molecule is CCCc1cc(C)c2c(c1O)C(N)CC2.Cl. The third kappa shape index (κ3) is 2.04. The van der Waals surface area contributed by atoms with Gasteiger partial charge in [0.2, 0.25) is 0 Å². The predicted octanol–water partition coefficient (Wildman–Crippen LogP) is 3.02. The van der Waals surface area contributed by atoms with Gasteiger partial charge in [-0.1, -0.05) is 19.4 Å². The average molecular weight is 242 g/mol. The summed E-state index contributed by atoms with van der Waals surface area (Å²) in [4.78, 5) is 0. The number of hydrogen-bond acceptors (Lipinski definition) is 2. The Labute approximate surface area is 103 Å². The first-order valence-electron chi connectivity index (χ1n) is 5.75. The van der Waals surface area contributed by atoms with E-state index in [2.05, 4.69) is 19.9 Å². The predicted molar refractivity (Wildman–Crippen MR) is 69.3 cm³/mol. The van der Waals surface area contributed by atoms with E-state index in [1.165, 1.54) is 11.1 Å². The molecule has 1 unspecified atom stereocenters. The van der Waals surface area contributed by atoms with E-state index in [1.807, 2.05) is 0 Å². The quantitative estimate of drug-likeness (QED) is 0.836. The Kier molecular flexibility index (Phi) is 4.22. The molecule has 0 radical (unpaired) electrons. The molecule has 3 heteroatoms. The fraction of sp³-hybridized carbons (Fsp3) is 0.538. The lowest BCUT2D eigenvalue weighted by atomic mass is 9.96. The molecule has 0 saturated carbocycles. The molecule has 1 aliphatic carbocycles. The molecule has 90 valence electrons. The molecule has 0 amide bonds. The van der Waals surface area contributed by atoms with Gasteiger partial charge in [0.1, 0.15) is 5.75 Å². The second-order valence-corrected chi connectivity index (χ2v) is 4.49. The number of phenols is 1. The third-order valence-electron chi connectivity index (χ3n) is 3.35. The number of rotatable bonds is 2. The van der Waals surface area contributed by atoms with E-state index in [-0.39, 0.29) is 18.4 Å². The van der Waals surface area contributed by atoms with Crippen molar-refractivity contribution in [3.05, 3.63) is 28.3 Å². The lowest BCUT2D eigenvalue weighted by molar-refractivity contribution is 0.456. The Bertz CT molecular complexity index is 390. The highest BCUT2D eigenvalue weighted by atomic mass is 35.5. The summed E-state index contributed by atoms with van der Waals surface area (Å²) in [5, 5.41) is 10.2. The van der Waals surface area contributed by atoms with Crippen LogP contribution in [0.15, 0.2) is 6.07 Å². The number of nitrogens with two attached hydrogens (primary N) is 1. The highest BCUT2D eigenvalue weighted by Crippen LogP contribution is 2.40. The summed E-state index contributed by atoms with van der Waals surface area (Å²) in [6.45, 7) is 4.25. The van der Waals surface area contributed by atoms with Crippen molar-refractivity contribution in [2.24, 2.45) is 5.73 Å². The molecule has 0 fully saturated rings. The first-order valence-corrected chi connectivity index (χ1v) is 5.75. The molecule has 1 atom stereocenters. The summed E-state index contributed by atoms with van der Waals surface area (Å²) in [5.41, 5.74) is 10.7. The molecule has 1 aromatic carbocycles. The largest absolute Gasteiger partial charge is 0.507 e. The van der Waals surface area contributed by atoms with Gasteiger partial charge in [-0.3, -0.25) is 0 Å². The topological polar surface area (TPSA) is 46.2 Å². The number of benzene rings is 1. The average Bonchev–Trinajstić information content (AvgIpc) is 2.57. The molecular weight excluding hydrogens is 222 g/mol. The molecule has 2 rings (SSSR count). The van der Waals surface area contributed by atoms with Crippen LogP contribution in [0.1, 0.15) is 48.1 Å². The number of phenolic OH excluding ortho intramolecular Hbond substituents is 1. The van der Waals surface area contributed by atoms with Gasteiger partial charge in [-0.05, 0) is 42.9 Å². The molecule has 0 spiro atoms. The second-order valence-electron chi connectivity index (χ2n) is 4.49. The van der Waals surface area contributed by atoms with Crippen molar-refractivity contribution in [1.82, 2.24) is 0 Å². The molecule has 0 aliphatic heterocycles. The second kappa shape index (κ2) is 5.07. The molecule has 2 nitrogen and oxygen atoms in total. The van der Waals surface area contributed by atoms with E-state index in [0.717, 1.165) is 36.8 Å². The smallest absolute Gasteiger partial charge is 0.123 e. The maximum absolute atomic E-state index is 10.2. The van der Waals surface area contributed by atoms with Gasteiger partial charge in [-0.25, -0.2) is 0 Å². The number of halogens is 1. The van der Waals surface area contributed by atoms with Gasteiger partial charge in [0.25, 0.3) is 0 Å². The molecule has 3 N–H and O–H groups in total. The van der Waals surface area contributed by atoms with E-state index in [4.69, 9.17) is 5.73 Å². The Morgan fingerprint density at radius 2 is 2.19 bits per heavy atom. The summed E-state index contributed by atoms with van der Waals surface area (Å²) in [6.07, 6.45) is 3.98. The summed E-state index contributed by atoms with van der Waals surface area (Å²) >= 11 is 0. The van der Waals surface area contributed by atoms with Crippen LogP contribution >= 0.6 is 12.4 Å². The Hall–Kier alpha value is -0.730. The van der Waals surface area contributed by atoms with Crippen LogP contribution < -0.4 is 5.73 Å². The maximum atomic E-state index is 10.2. The zero-order valence-electron chi connectivity index (χ0n) is 9.92. The molecule has 1 aromatic rings. The zero-order valence-corrected chi connectivity index (χ0v) is 10.7. The van der Waals surface area contributed by atoms with Gasteiger partial charge in [-0.15, -0.1) is 12.4 Å². The standard InChI is InChI=1S/C13H19NO.ClH/c1-3-4-9-7-8(2)10-5-6-11(14)12(10)13(9)15;/h7,11,15H,3-6,14H2,1-2H3;1H.